The number of nitriles is 1. The average molecular weight is 214 g/mol. The highest BCUT2D eigenvalue weighted by atomic mass is 16.3. The van der Waals surface area contributed by atoms with Gasteiger partial charge in [0, 0.05) is 24.3 Å². The zero-order chi connectivity index (χ0) is 11.1. The maximum Gasteiger partial charge on any atom is 0.138 e. The molecule has 0 aromatic heterocycles. The number of aryl methyl sites for hydroxylation is 1. The Balaban J connectivity index is 2.27. The van der Waals surface area contributed by atoms with Gasteiger partial charge in [0.1, 0.15) is 11.8 Å². The van der Waals surface area contributed by atoms with Crippen molar-refractivity contribution < 1.29 is 5.11 Å². The van der Waals surface area contributed by atoms with E-state index >= 15 is 0 Å². The first-order valence-electron chi connectivity index (χ1n) is 5.84. The van der Waals surface area contributed by atoms with Crippen molar-refractivity contribution in [3.63, 3.8) is 0 Å². The predicted molar refractivity (Wildman–Crippen MR) is 61.7 cm³/mol. The van der Waals surface area contributed by atoms with Crippen LogP contribution in [0.15, 0.2) is 6.07 Å². The fourth-order valence-electron chi connectivity index (χ4n) is 2.93. The second-order valence-corrected chi connectivity index (χ2v) is 4.56. The summed E-state index contributed by atoms with van der Waals surface area (Å²) in [5.74, 6) is 0.216. The quantitative estimate of drug-likeness (QED) is 0.718. The van der Waals surface area contributed by atoms with E-state index in [4.69, 9.17) is 5.26 Å². The van der Waals surface area contributed by atoms with Gasteiger partial charge in [-0.05, 0) is 37.3 Å². The van der Waals surface area contributed by atoms with Crippen molar-refractivity contribution in [1.29, 1.82) is 5.26 Å². The number of anilines is 1. The van der Waals surface area contributed by atoms with Gasteiger partial charge in [-0.2, -0.15) is 5.26 Å². The summed E-state index contributed by atoms with van der Waals surface area (Å²) < 4.78 is 0. The smallest absolute Gasteiger partial charge is 0.138 e. The Labute approximate surface area is 94.9 Å². The Morgan fingerprint density at radius 1 is 1.25 bits per heavy atom. The molecule has 0 unspecified atom stereocenters. The molecule has 1 aromatic carbocycles. The van der Waals surface area contributed by atoms with E-state index in [9.17, 15) is 5.11 Å². The molecule has 0 aliphatic carbocycles. The summed E-state index contributed by atoms with van der Waals surface area (Å²) >= 11 is 0. The SMILES string of the molecule is N#Cc1cc2c3c(c1O)CCCN3CCC2. The lowest BCUT2D eigenvalue weighted by Crippen LogP contribution is -2.34. The van der Waals surface area contributed by atoms with Crippen LogP contribution in [0.2, 0.25) is 0 Å². The molecule has 3 rings (SSSR count). The third-order valence-electron chi connectivity index (χ3n) is 3.62. The van der Waals surface area contributed by atoms with Crippen LogP contribution in [0.25, 0.3) is 0 Å². The van der Waals surface area contributed by atoms with Gasteiger partial charge < -0.3 is 10.0 Å². The Bertz CT molecular complexity index is 486. The zero-order valence-corrected chi connectivity index (χ0v) is 9.16. The van der Waals surface area contributed by atoms with Crippen molar-refractivity contribution in [2.24, 2.45) is 0 Å². The summed E-state index contributed by atoms with van der Waals surface area (Å²) in [7, 11) is 0. The monoisotopic (exact) mass is 214 g/mol. The topological polar surface area (TPSA) is 47.3 Å². The van der Waals surface area contributed by atoms with Gasteiger partial charge in [0.2, 0.25) is 0 Å². The molecule has 0 atom stereocenters. The molecule has 1 aromatic rings. The predicted octanol–water partition coefficient (Wildman–Crippen LogP) is 1.96. The first-order chi connectivity index (χ1) is 7.81. The largest absolute Gasteiger partial charge is 0.506 e. The van der Waals surface area contributed by atoms with Crippen LogP contribution in [-0.2, 0) is 12.8 Å². The molecular weight excluding hydrogens is 200 g/mol. The van der Waals surface area contributed by atoms with Crippen molar-refractivity contribution in [3.8, 4) is 11.8 Å². The average Bonchev–Trinajstić information content (AvgIpc) is 2.33. The summed E-state index contributed by atoms with van der Waals surface area (Å²) in [6.07, 6.45) is 4.17. The minimum Gasteiger partial charge on any atom is -0.506 e. The summed E-state index contributed by atoms with van der Waals surface area (Å²) in [4.78, 5) is 2.36. The van der Waals surface area contributed by atoms with Crippen molar-refractivity contribution in [3.05, 3.63) is 22.8 Å². The Morgan fingerprint density at radius 2 is 2.00 bits per heavy atom. The number of phenolic OH excluding ortho intramolecular Hbond substituents is 1. The fourth-order valence-corrected chi connectivity index (χ4v) is 2.93. The molecule has 0 fully saturated rings. The molecule has 0 radical (unpaired) electrons. The van der Waals surface area contributed by atoms with Gasteiger partial charge in [0.05, 0.1) is 5.56 Å². The Morgan fingerprint density at radius 3 is 2.75 bits per heavy atom. The summed E-state index contributed by atoms with van der Waals surface area (Å²) in [5.41, 5.74) is 3.90. The van der Waals surface area contributed by atoms with E-state index in [-0.39, 0.29) is 5.75 Å². The molecule has 0 saturated carbocycles. The molecule has 82 valence electrons. The third kappa shape index (κ3) is 1.19. The first kappa shape index (κ1) is 9.53. The molecule has 16 heavy (non-hydrogen) atoms. The minimum atomic E-state index is 0.216. The van der Waals surface area contributed by atoms with E-state index < -0.39 is 0 Å². The molecule has 0 spiro atoms. The van der Waals surface area contributed by atoms with E-state index in [1.807, 2.05) is 6.07 Å². The number of hydrogen-bond donors (Lipinski definition) is 1. The highest BCUT2D eigenvalue weighted by Crippen LogP contribution is 2.41. The third-order valence-corrected chi connectivity index (χ3v) is 3.62. The van der Waals surface area contributed by atoms with Crippen molar-refractivity contribution >= 4 is 5.69 Å². The molecule has 2 heterocycles. The van der Waals surface area contributed by atoms with Crippen LogP contribution in [0.3, 0.4) is 0 Å². The molecule has 2 aliphatic rings. The van der Waals surface area contributed by atoms with Gasteiger partial charge in [-0.25, -0.2) is 0 Å². The van der Waals surface area contributed by atoms with Gasteiger partial charge in [-0.15, -0.1) is 0 Å². The molecule has 0 saturated heterocycles. The first-order valence-corrected chi connectivity index (χ1v) is 5.84. The normalized spacial score (nSPS) is 17.8. The van der Waals surface area contributed by atoms with Gasteiger partial charge in [0.15, 0.2) is 0 Å². The number of hydrogen-bond acceptors (Lipinski definition) is 3. The lowest BCUT2D eigenvalue weighted by Gasteiger charge is -2.37. The summed E-state index contributed by atoms with van der Waals surface area (Å²) in [6.45, 7) is 2.18. The lowest BCUT2D eigenvalue weighted by atomic mass is 9.89. The minimum absolute atomic E-state index is 0.216. The Kier molecular flexibility index (Phi) is 2.03. The van der Waals surface area contributed by atoms with E-state index in [1.165, 1.54) is 11.3 Å². The van der Waals surface area contributed by atoms with E-state index in [0.29, 0.717) is 5.56 Å². The standard InChI is InChI=1S/C13H14N2O/c14-8-10-7-9-3-1-5-15-6-2-4-11(12(9)15)13(10)16/h7,16H,1-6H2. The molecule has 0 amide bonds. The lowest BCUT2D eigenvalue weighted by molar-refractivity contribution is 0.460. The summed E-state index contributed by atoms with van der Waals surface area (Å²) in [5, 5.41) is 19.0. The number of rotatable bonds is 0. The summed E-state index contributed by atoms with van der Waals surface area (Å²) in [6, 6.07) is 3.96. The highest BCUT2D eigenvalue weighted by molar-refractivity contribution is 5.70. The molecule has 2 aliphatic heterocycles. The van der Waals surface area contributed by atoms with Crippen molar-refractivity contribution in [2.45, 2.75) is 25.7 Å². The van der Waals surface area contributed by atoms with Crippen LogP contribution in [0, 0.1) is 11.3 Å². The maximum atomic E-state index is 10.0. The van der Waals surface area contributed by atoms with Gasteiger partial charge >= 0.3 is 0 Å². The molecule has 3 heteroatoms. The van der Waals surface area contributed by atoms with Gasteiger partial charge in [-0.1, -0.05) is 0 Å². The van der Waals surface area contributed by atoms with Crippen LogP contribution in [0.1, 0.15) is 29.5 Å². The van der Waals surface area contributed by atoms with E-state index in [1.54, 1.807) is 0 Å². The Hall–Kier alpha value is -1.69. The number of phenols is 1. The van der Waals surface area contributed by atoms with Gasteiger partial charge in [-0.3, -0.25) is 0 Å². The second-order valence-electron chi connectivity index (χ2n) is 4.56. The molecular formula is C13H14N2O. The van der Waals surface area contributed by atoms with E-state index in [0.717, 1.165) is 44.3 Å². The van der Waals surface area contributed by atoms with E-state index in [2.05, 4.69) is 11.0 Å². The van der Waals surface area contributed by atoms with Crippen molar-refractivity contribution in [2.75, 3.05) is 18.0 Å². The maximum absolute atomic E-state index is 10.0. The van der Waals surface area contributed by atoms with Crippen LogP contribution in [-0.4, -0.2) is 18.2 Å². The second kappa shape index (κ2) is 3.41. The fraction of sp³-hybridized carbons (Fsp3) is 0.462. The van der Waals surface area contributed by atoms with Crippen LogP contribution < -0.4 is 4.90 Å². The molecule has 0 bridgehead atoms. The molecule has 1 N–H and O–H groups in total. The number of aromatic hydroxyl groups is 1. The van der Waals surface area contributed by atoms with Gasteiger partial charge in [0.25, 0.3) is 0 Å². The van der Waals surface area contributed by atoms with Crippen LogP contribution in [0.5, 0.6) is 5.75 Å². The van der Waals surface area contributed by atoms with Crippen LogP contribution in [0.4, 0.5) is 5.69 Å². The van der Waals surface area contributed by atoms with Crippen LogP contribution >= 0.6 is 0 Å². The van der Waals surface area contributed by atoms with Crippen molar-refractivity contribution in [1.82, 2.24) is 0 Å². The zero-order valence-electron chi connectivity index (χ0n) is 9.16. The number of benzene rings is 1. The molecule has 3 nitrogen and oxygen atoms in total. The highest BCUT2D eigenvalue weighted by Gasteiger charge is 2.27. The number of nitrogens with zero attached hydrogens (tertiary/aromatic N) is 2.